The average molecular weight is 754 g/mol. The first kappa shape index (κ1) is 36.6. The third-order valence-electron chi connectivity index (χ3n) is 10.8. The minimum Gasteiger partial charge on any atom is -0.510 e. The Labute approximate surface area is 314 Å². The zero-order valence-electron chi connectivity index (χ0n) is 29.9. The fourth-order valence-electron chi connectivity index (χ4n) is 8.17. The molecule has 15 heteroatoms. The zero-order valence-corrected chi connectivity index (χ0v) is 30.7. The van der Waals surface area contributed by atoms with E-state index in [4.69, 9.17) is 22.4 Å². The van der Waals surface area contributed by atoms with Crippen molar-refractivity contribution in [3.63, 3.8) is 0 Å². The smallest absolute Gasteiger partial charge is 0.255 e. The van der Waals surface area contributed by atoms with Crippen molar-refractivity contribution < 1.29 is 44.3 Å². The second kappa shape index (κ2) is 13.0. The first-order valence-corrected chi connectivity index (χ1v) is 17.5. The summed E-state index contributed by atoms with van der Waals surface area (Å²) in [6.45, 7) is 1.66. The number of carbonyl (C=O) groups is 3. The Kier molecular flexibility index (Phi) is 8.80. The number of fused-ring (bicyclic) bond motifs is 4. The van der Waals surface area contributed by atoms with Gasteiger partial charge in [-0.15, -0.1) is 0 Å². The van der Waals surface area contributed by atoms with Gasteiger partial charge >= 0.3 is 0 Å². The highest BCUT2D eigenvalue weighted by atomic mass is 32.1. The molecule has 3 aromatic carbocycles. The minimum atomic E-state index is -3.00. The van der Waals surface area contributed by atoms with Gasteiger partial charge in [-0.2, -0.15) is 0 Å². The second-order valence-corrected chi connectivity index (χ2v) is 14.8. The Hall–Kier alpha value is -5.74. The molecule has 0 aliphatic heterocycles. The highest BCUT2D eigenvalue weighted by Gasteiger charge is 2.67. The number of amides is 1. The summed E-state index contributed by atoms with van der Waals surface area (Å²) in [5, 5.41) is 64.8. The Morgan fingerprint density at radius 2 is 1.65 bits per heavy atom. The van der Waals surface area contributed by atoms with Gasteiger partial charge in [-0.05, 0) is 86.3 Å². The summed E-state index contributed by atoms with van der Waals surface area (Å²) in [5.74, 6) is -8.98. The molecule has 0 bridgehead atoms. The number of benzene rings is 3. The Bertz CT molecular complexity index is 2350. The lowest BCUT2D eigenvalue weighted by Crippen LogP contribution is -2.68. The molecule has 0 fully saturated rings. The number of rotatable bonds is 6. The number of primary amides is 1. The molecule has 3 aliphatic carbocycles. The molecule has 3 aliphatic rings. The van der Waals surface area contributed by atoms with E-state index < -0.39 is 81.4 Å². The Morgan fingerprint density at radius 3 is 2.28 bits per heavy atom. The number of phenolic OH excluding ortho intramolecular Hbond substituents is 1. The maximum Gasteiger partial charge on any atom is 0.255 e. The van der Waals surface area contributed by atoms with Gasteiger partial charge in [-0.3, -0.25) is 19.3 Å². The first-order valence-electron chi connectivity index (χ1n) is 17.0. The SMILES string of the molecule is C[C@H]1c2ccc(NC(=S)Nc3ccc(-c4cc5ccc(N(C)C)cc5o4)cc3)c(O)c2C(=O)C2=C(O)[C@]3(O)C(=O)C(C(N)=O)=C(O)[C@@H](N(C)C)[C@@H]3[C@@H](O)[C@@H]21. The monoisotopic (exact) mass is 753 g/mol. The third-order valence-corrected chi connectivity index (χ3v) is 11.0. The molecular formula is C39H39N5O9S. The maximum atomic E-state index is 14.2. The van der Waals surface area contributed by atoms with Crippen LogP contribution in [0.5, 0.6) is 5.75 Å². The number of aliphatic hydroxyl groups is 4. The summed E-state index contributed by atoms with van der Waals surface area (Å²) < 4.78 is 6.10. The lowest BCUT2D eigenvalue weighted by molar-refractivity contribution is -0.162. The van der Waals surface area contributed by atoms with Crippen molar-refractivity contribution in [3.05, 3.63) is 94.5 Å². The topological polar surface area (TPSA) is 222 Å². The van der Waals surface area contributed by atoms with Crippen LogP contribution >= 0.6 is 12.2 Å². The molecule has 4 aromatic rings. The number of phenols is 1. The molecule has 1 heterocycles. The number of aliphatic hydroxyl groups excluding tert-OH is 3. The van der Waals surface area contributed by atoms with Crippen LogP contribution in [0.1, 0.15) is 28.8 Å². The third kappa shape index (κ3) is 5.42. The summed E-state index contributed by atoms with van der Waals surface area (Å²) in [6.07, 6.45) is -1.69. The molecule has 1 aromatic heterocycles. The van der Waals surface area contributed by atoms with Crippen molar-refractivity contribution >= 4 is 62.8 Å². The van der Waals surface area contributed by atoms with Crippen LogP contribution in [0.25, 0.3) is 22.3 Å². The van der Waals surface area contributed by atoms with Gasteiger partial charge in [-0.25, -0.2) is 0 Å². The summed E-state index contributed by atoms with van der Waals surface area (Å²) >= 11 is 5.52. The molecule has 0 radical (unpaired) electrons. The van der Waals surface area contributed by atoms with Crippen molar-refractivity contribution in [2.75, 3.05) is 43.7 Å². The summed E-state index contributed by atoms with van der Waals surface area (Å²) in [6, 6.07) is 17.0. The van der Waals surface area contributed by atoms with E-state index in [0.29, 0.717) is 17.0 Å². The average Bonchev–Trinajstić information content (AvgIpc) is 3.54. The fraction of sp³-hybridized carbons (Fsp3) is 0.282. The molecule has 280 valence electrons. The molecule has 54 heavy (non-hydrogen) atoms. The van der Waals surface area contributed by atoms with E-state index in [-0.39, 0.29) is 16.4 Å². The number of hydrogen-bond acceptors (Lipinski definition) is 12. The normalized spacial score (nSPS) is 25.0. The van der Waals surface area contributed by atoms with E-state index in [1.807, 2.05) is 55.4 Å². The lowest BCUT2D eigenvalue weighted by Gasteiger charge is -2.53. The summed E-state index contributed by atoms with van der Waals surface area (Å²) in [7, 11) is 6.88. The molecular weight excluding hydrogens is 715 g/mol. The quantitative estimate of drug-likeness (QED) is 0.0794. The summed E-state index contributed by atoms with van der Waals surface area (Å²) in [4.78, 5) is 43.5. The van der Waals surface area contributed by atoms with E-state index in [0.717, 1.165) is 22.2 Å². The number of aromatic hydroxyl groups is 1. The molecule has 1 amide bonds. The highest BCUT2D eigenvalue weighted by Crippen LogP contribution is 2.56. The van der Waals surface area contributed by atoms with Gasteiger partial charge in [0.25, 0.3) is 5.91 Å². The van der Waals surface area contributed by atoms with Gasteiger partial charge in [0.05, 0.1) is 29.3 Å². The largest absolute Gasteiger partial charge is 0.510 e. The summed E-state index contributed by atoms with van der Waals surface area (Å²) in [5.41, 5.74) is 4.30. The molecule has 7 rings (SSSR count). The van der Waals surface area contributed by atoms with E-state index in [1.54, 1.807) is 25.1 Å². The van der Waals surface area contributed by atoms with Gasteiger partial charge in [0.15, 0.2) is 22.2 Å². The number of carbonyl (C=O) groups excluding carboxylic acids is 3. The molecule has 0 unspecified atom stereocenters. The van der Waals surface area contributed by atoms with E-state index in [2.05, 4.69) is 10.6 Å². The number of anilines is 3. The van der Waals surface area contributed by atoms with Crippen molar-refractivity contribution in [1.82, 2.24) is 4.90 Å². The highest BCUT2D eigenvalue weighted by molar-refractivity contribution is 7.80. The van der Waals surface area contributed by atoms with E-state index in [1.165, 1.54) is 25.1 Å². The van der Waals surface area contributed by atoms with Crippen LogP contribution in [0.3, 0.4) is 0 Å². The van der Waals surface area contributed by atoms with Crippen molar-refractivity contribution in [2.45, 2.75) is 30.6 Å². The molecule has 0 saturated carbocycles. The van der Waals surface area contributed by atoms with Gasteiger partial charge in [0.1, 0.15) is 28.4 Å². The number of likely N-dealkylation sites (N-methyl/N-ethyl adjacent to an activating group) is 1. The molecule has 0 saturated heterocycles. The molecule has 9 N–H and O–H groups in total. The number of nitrogens with one attached hydrogen (secondary N) is 2. The van der Waals surface area contributed by atoms with E-state index >= 15 is 0 Å². The van der Waals surface area contributed by atoms with Crippen LogP contribution in [0.15, 0.2) is 87.7 Å². The Morgan fingerprint density at radius 1 is 0.963 bits per heavy atom. The van der Waals surface area contributed by atoms with Crippen LogP contribution in [0.2, 0.25) is 0 Å². The van der Waals surface area contributed by atoms with Crippen LogP contribution in [0.4, 0.5) is 17.1 Å². The van der Waals surface area contributed by atoms with Crippen LogP contribution in [-0.2, 0) is 9.59 Å². The number of hydrogen-bond donors (Lipinski definition) is 8. The van der Waals surface area contributed by atoms with Crippen molar-refractivity contribution in [2.24, 2.45) is 17.6 Å². The number of ketones is 2. The first-order chi connectivity index (χ1) is 25.5. The van der Waals surface area contributed by atoms with Crippen LogP contribution in [-0.4, -0.2) is 99.0 Å². The zero-order chi connectivity index (χ0) is 39.1. The van der Waals surface area contributed by atoms with Crippen LogP contribution in [0, 0.1) is 11.8 Å². The molecule has 0 spiro atoms. The van der Waals surface area contributed by atoms with Crippen molar-refractivity contribution in [1.29, 1.82) is 0 Å². The number of Topliss-reactive ketones (excluding diaryl/α,β-unsaturated/α-hetero) is 2. The van der Waals surface area contributed by atoms with Gasteiger partial charge in [-0.1, -0.05) is 13.0 Å². The second-order valence-electron chi connectivity index (χ2n) is 14.4. The van der Waals surface area contributed by atoms with Gasteiger partial charge < -0.3 is 51.2 Å². The number of furan rings is 1. The van der Waals surface area contributed by atoms with E-state index in [9.17, 15) is 39.9 Å². The Balaban J connectivity index is 1.16. The fourth-order valence-corrected chi connectivity index (χ4v) is 8.39. The van der Waals surface area contributed by atoms with Crippen LogP contribution < -0.4 is 21.3 Å². The van der Waals surface area contributed by atoms with Gasteiger partial charge in [0, 0.05) is 54.0 Å². The number of nitrogens with zero attached hydrogens (tertiary/aromatic N) is 2. The van der Waals surface area contributed by atoms with Gasteiger partial charge in [0.2, 0.25) is 5.78 Å². The lowest BCUT2D eigenvalue weighted by atomic mass is 9.55. The predicted molar refractivity (Wildman–Crippen MR) is 206 cm³/mol. The predicted octanol–water partition coefficient (Wildman–Crippen LogP) is 3.94. The maximum absolute atomic E-state index is 14.2. The molecule has 14 nitrogen and oxygen atoms in total. The number of thiocarbonyl (C=S) groups is 1. The molecule has 6 atom stereocenters. The standard InChI is InChI=1S/C39H39N5O9S/c1-16-21-12-13-22(42-38(54)41-19-9-6-17(7-10-19)23-14-18-8-11-20(43(2)3)15-24(18)53-23)31(45)26(21)32(46)27-25(16)33(47)29-30(44(4)5)34(48)28(37(40)51)36(50)39(29,52)35(27)49/h6-16,25,29-30,33,45,47-49,52H,1-5H3,(H2,40,51)(H2,41,42,54)/t16-,25+,29+,30-,33-,39-/m0/s1. The minimum absolute atomic E-state index is 0.0413. The number of nitrogens with two attached hydrogens (primary N) is 1. The van der Waals surface area contributed by atoms with Crippen molar-refractivity contribution in [3.8, 4) is 17.1 Å².